The smallest absolute Gasteiger partial charge is 0.433 e. The van der Waals surface area contributed by atoms with Gasteiger partial charge in [-0.25, -0.2) is 0 Å². The Bertz CT molecular complexity index is 792. The number of methoxy groups -OCH3 is 1. The van der Waals surface area contributed by atoms with E-state index in [0.717, 1.165) is 0 Å². The van der Waals surface area contributed by atoms with Gasteiger partial charge in [0.2, 0.25) is 0 Å². The van der Waals surface area contributed by atoms with Crippen LogP contribution >= 0.6 is 0 Å². The first-order chi connectivity index (χ1) is 10.3. The minimum atomic E-state index is -4.84. The van der Waals surface area contributed by atoms with Gasteiger partial charge in [-0.3, -0.25) is 4.57 Å². The van der Waals surface area contributed by atoms with Crippen LogP contribution in [0.3, 0.4) is 0 Å². The standard InChI is InChI=1S/C14H9F3N4O/c1-22-9-4-2-8(3-5-9)21-11(7-19)12(20)10(6-18)13(21)14(15,16)17/h2-5H,20H2,1H3. The molecule has 2 rings (SSSR count). The van der Waals surface area contributed by atoms with Crippen molar-refractivity contribution in [2.45, 2.75) is 6.18 Å². The summed E-state index contributed by atoms with van der Waals surface area (Å²) in [7, 11) is 1.41. The summed E-state index contributed by atoms with van der Waals surface area (Å²) in [5.74, 6) is 0.441. The number of nitrogens with zero attached hydrogens (tertiary/aromatic N) is 3. The van der Waals surface area contributed by atoms with Crippen molar-refractivity contribution in [1.82, 2.24) is 4.57 Å². The van der Waals surface area contributed by atoms with Crippen molar-refractivity contribution in [2.24, 2.45) is 0 Å². The van der Waals surface area contributed by atoms with Gasteiger partial charge in [0.05, 0.1) is 12.8 Å². The van der Waals surface area contributed by atoms with E-state index in [-0.39, 0.29) is 5.69 Å². The molecule has 2 aromatic rings. The maximum atomic E-state index is 13.3. The number of hydrogen-bond donors (Lipinski definition) is 1. The van der Waals surface area contributed by atoms with Crippen LogP contribution in [0.4, 0.5) is 18.9 Å². The highest BCUT2D eigenvalue weighted by Crippen LogP contribution is 2.39. The second kappa shape index (κ2) is 5.34. The topological polar surface area (TPSA) is 87.8 Å². The number of benzene rings is 1. The molecule has 0 spiro atoms. The Labute approximate surface area is 123 Å². The normalized spacial score (nSPS) is 10.8. The van der Waals surface area contributed by atoms with Crippen LogP contribution in [0, 0.1) is 22.7 Å². The van der Waals surface area contributed by atoms with Crippen LogP contribution in [0.1, 0.15) is 17.0 Å². The van der Waals surface area contributed by atoms with E-state index < -0.39 is 28.8 Å². The van der Waals surface area contributed by atoms with Crippen molar-refractivity contribution in [3.8, 4) is 23.6 Å². The maximum Gasteiger partial charge on any atom is 0.433 e. The number of aromatic nitrogens is 1. The van der Waals surface area contributed by atoms with Crippen molar-refractivity contribution in [1.29, 1.82) is 10.5 Å². The lowest BCUT2D eigenvalue weighted by Crippen LogP contribution is -2.14. The zero-order chi connectivity index (χ0) is 16.5. The Hall–Kier alpha value is -3.13. The van der Waals surface area contributed by atoms with Crippen LogP contribution in [-0.4, -0.2) is 11.7 Å². The summed E-state index contributed by atoms with van der Waals surface area (Å²) in [6.45, 7) is 0. The number of hydrogen-bond acceptors (Lipinski definition) is 4. The predicted molar refractivity (Wildman–Crippen MR) is 71.2 cm³/mol. The molecule has 0 atom stereocenters. The monoisotopic (exact) mass is 306 g/mol. The third-order valence-electron chi connectivity index (χ3n) is 3.03. The lowest BCUT2D eigenvalue weighted by Gasteiger charge is -2.13. The number of halogens is 3. The molecular weight excluding hydrogens is 297 g/mol. The van der Waals surface area contributed by atoms with E-state index in [1.807, 2.05) is 0 Å². The van der Waals surface area contributed by atoms with Gasteiger partial charge >= 0.3 is 6.18 Å². The van der Waals surface area contributed by atoms with Gasteiger partial charge in [0.1, 0.15) is 34.8 Å². The van der Waals surface area contributed by atoms with Crippen molar-refractivity contribution in [3.63, 3.8) is 0 Å². The summed E-state index contributed by atoms with van der Waals surface area (Å²) in [6.07, 6.45) is -4.84. The van der Waals surface area contributed by atoms with E-state index in [0.29, 0.717) is 10.3 Å². The van der Waals surface area contributed by atoms with E-state index in [1.54, 1.807) is 6.07 Å². The summed E-state index contributed by atoms with van der Waals surface area (Å²) in [4.78, 5) is 0. The Morgan fingerprint density at radius 2 is 1.73 bits per heavy atom. The molecule has 112 valence electrons. The lowest BCUT2D eigenvalue weighted by molar-refractivity contribution is -0.142. The van der Waals surface area contributed by atoms with Gasteiger partial charge in [-0.1, -0.05) is 0 Å². The minimum Gasteiger partial charge on any atom is -0.497 e. The molecule has 0 saturated carbocycles. The van der Waals surface area contributed by atoms with Gasteiger partial charge in [-0.05, 0) is 24.3 Å². The average Bonchev–Trinajstić information content (AvgIpc) is 2.79. The van der Waals surface area contributed by atoms with Gasteiger partial charge in [0.15, 0.2) is 0 Å². The maximum absolute atomic E-state index is 13.3. The molecule has 0 aliphatic rings. The first-order valence-corrected chi connectivity index (χ1v) is 5.91. The molecule has 22 heavy (non-hydrogen) atoms. The number of rotatable bonds is 2. The summed E-state index contributed by atoms with van der Waals surface area (Å²) < 4.78 is 45.5. The summed E-state index contributed by atoms with van der Waals surface area (Å²) in [5, 5.41) is 18.1. The first kappa shape index (κ1) is 15.3. The Balaban J connectivity index is 2.84. The fraction of sp³-hybridized carbons (Fsp3) is 0.143. The van der Waals surface area contributed by atoms with Gasteiger partial charge in [0, 0.05) is 5.69 Å². The molecule has 0 unspecified atom stereocenters. The average molecular weight is 306 g/mol. The SMILES string of the molecule is COc1ccc(-n2c(C#N)c(N)c(C#N)c2C(F)(F)F)cc1. The van der Waals surface area contributed by atoms with Crippen molar-refractivity contribution < 1.29 is 17.9 Å². The van der Waals surface area contributed by atoms with Crippen molar-refractivity contribution in [2.75, 3.05) is 12.8 Å². The molecule has 0 aliphatic carbocycles. The zero-order valence-electron chi connectivity index (χ0n) is 11.3. The fourth-order valence-electron chi connectivity index (χ4n) is 2.07. The van der Waals surface area contributed by atoms with Gasteiger partial charge < -0.3 is 10.5 Å². The van der Waals surface area contributed by atoms with E-state index >= 15 is 0 Å². The van der Waals surface area contributed by atoms with Crippen molar-refractivity contribution >= 4 is 5.69 Å². The molecule has 0 fully saturated rings. The molecule has 5 nitrogen and oxygen atoms in total. The molecule has 0 amide bonds. The number of nitrogens with two attached hydrogens (primary N) is 1. The van der Waals surface area contributed by atoms with E-state index in [9.17, 15) is 13.2 Å². The quantitative estimate of drug-likeness (QED) is 0.924. The summed E-state index contributed by atoms with van der Waals surface area (Å²) >= 11 is 0. The van der Waals surface area contributed by atoms with Crippen LogP contribution in [0.5, 0.6) is 5.75 Å². The van der Waals surface area contributed by atoms with Crippen molar-refractivity contribution in [3.05, 3.63) is 41.2 Å². The molecule has 0 radical (unpaired) electrons. The van der Waals surface area contributed by atoms with E-state index in [1.165, 1.54) is 37.4 Å². The molecule has 8 heteroatoms. The Kier molecular flexibility index (Phi) is 3.70. The number of nitrogen functional groups attached to an aromatic ring is 1. The van der Waals surface area contributed by atoms with Gasteiger partial charge in [-0.2, -0.15) is 23.7 Å². The number of anilines is 1. The highest BCUT2D eigenvalue weighted by molar-refractivity contribution is 5.69. The number of ether oxygens (including phenoxy) is 1. The second-order valence-electron chi connectivity index (χ2n) is 4.24. The lowest BCUT2D eigenvalue weighted by atomic mass is 10.2. The molecule has 1 heterocycles. The predicted octanol–water partition coefficient (Wildman–Crippen LogP) is 2.83. The van der Waals surface area contributed by atoms with Crippen LogP contribution in [0.25, 0.3) is 5.69 Å². The number of nitriles is 2. The molecular formula is C14H9F3N4O. The molecule has 0 aliphatic heterocycles. The van der Waals surface area contributed by atoms with Crippen LogP contribution in [0.15, 0.2) is 24.3 Å². The van der Waals surface area contributed by atoms with Gasteiger partial charge in [0.25, 0.3) is 0 Å². The molecule has 1 aromatic heterocycles. The summed E-state index contributed by atoms with van der Waals surface area (Å²) in [5.41, 5.74) is 2.62. The number of alkyl halides is 3. The third-order valence-corrected chi connectivity index (χ3v) is 3.03. The van der Waals surface area contributed by atoms with Crippen LogP contribution < -0.4 is 10.5 Å². The van der Waals surface area contributed by atoms with Gasteiger partial charge in [-0.15, -0.1) is 0 Å². The largest absolute Gasteiger partial charge is 0.497 e. The third kappa shape index (κ3) is 2.31. The highest BCUT2D eigenvalue weighted by atomic mass is 19.4. The Morgan fingerprint density at radius 1 is 1.14 bits per heavy atom. The second-order valence-corrected chi connectivity index (χ2v) is 4.24. The highest BCUT2D eigenvalue weighted by Gasteiger charge is 2.41. The zero-order valence-corrected chi connectivity index (χ0v) is 11.3. The molecule has 2 N–H and O–H groups in total. The molecule has 0 bridgehead atoms. The van der Waals surface area contributed by atoms with E-state index in [4.69, 9.17) is 21.0 Å². The van der Waals surface area contributed by atoms with E-state index in [2.05, 4.69) is 0 Å². The minimum absolute atomic E-state index is 0.0536. The first-order valence-electron chi connectivity index (χ1n) is 5.91. The fourth-order valence-corrected chi connectivity index (χ4v) is 2.07. The summed E-state index contributed by atoms with van der Waals surface area (Å²) in [6, 6.07) is 8.60. The van der Waals surface area contributed by atoms with Crippen LogP contribution in [0.2, 0.25) is 0 Å². The molecule has 1 aromatic carbocycles. The Morgan fingerprint density at radius 3 is 2.14 bits per heavy atom. The van der Waals surface area contributed by atoms with Crippen LogP contribution in [-0.2, 0) is 6.18 Å². The molecule has 0 saturated heterocycles.